The molecule has 16 heavy (non-hydrogen) atoms. The maximum Gasteiger partial charge on any atom is 0.417 e. The van der Waals surface area contributed by atoms with Gasteiger partial charge in [0.25, 0.3) is 0 Å². The van der Waals surface area contributed by atoms with Gasteiger partial charge in [-0.15, -0.1) is 0 Å². The molecule has 0 aliphatic heterocycles. The Morgan fingerprint density at radius 3 is 2.50 bits per heavy atom. The predicted octanol–water partition coefficient (Wildman–Crippen LogP) is 3.15. The summed E-state index contributed by atoms with van der Waals surface area (Å²) >= 11 is 0. The van der Waals surface area contributed by atoms with Crippen LogP contribution in [0, 0.1) is 11.3 Å². The Morgan fingerprint density at radius 2 is 2.00 bits per heavy atom. The Bertz CT molecular complexity index is 442. The molecule has 1 aliphatic carbocycles. The maximum atomic E-state index is 12.6. The van der Waals surface area contributed by atoms with Crippen LogP contribution in [0.3, 0.4) is 0 Å². The van der Waals surface area contributed by atoms with Crippen molar-refractivity contribution in [3.8, 4) is 6.07 Å². The van der Waals surface area contributed by atoms with Crippen LogP contribution in [0.25, 0.3) is 0 Å². The summed E-state index contributed by atoms with van der Waals surface area (Å²) in [5, 5.41) is 11.6. The molecule has 0 amide bonds. The van der Waals surface area contributed by atoms with E-state index in [-0.39, 0.29) is 11.6 Å². The molecule has 1 aromatic rings. The van der Waals surface area contributed by atoms with Crippen molar-refractivity contribution in [2.24, 2.45) is 0 Å². The minimum atomic E-state index is -4.48. The summed E-state index contributed by atoms with van der Waals surface area (Å²) in [5.41, 5.74) is -0.789. The van der Waals surface area contributed by atoms with E-state index in [0.29, 0.717) is 5.69 Å². The fourth-order valence-electron chi connectivity index (χ4n) is 1.43. The van der Waals surface area contributed by atoms with Crippen LogP contribution in [-0.4, -0.2) is 6.04 Å². The lowest BCUT2D eigenvalue weighted by Crippen LogP contribution is -2.09. The summed E-state index contributed by atoms with van der Waals surface area (Å²) in [4.78, 5) is 0. The minimum Gasteiger partial charge on any atom is -0.382 e. The van der Waals surface area contributed by atoms with Crippen molar-refractivity contribution in [2.75, 3.05) is 5.32 Å². The SMILES string of the molecule is N#Cc1ccc(NC2CC2)cc1C(F)(F)F. The fourth-order valence-corrected chi connectivity index (χ4v) is 1.43. The number of nitriles is 1. The molecule has 1 saturated carbocycles. The predicted molar refractivity (Wildman–Crippen MR) is 52.8 cm³/mol. The average Bonchev–Trinajstić information content (AvgIpc) is 3.00. The Labute approximate surface area is 90.7 Å². The lowest BCUT2D eigenvalue weighted by Gasteiger charge is -2.11. The fraction of sp³-hybridized carbons (Fsp3) is 0.364. The van der Waals surface area contributed by atoms with Gasteiger partial charge in [-0.25, -0.2) is 0 Å². The molecular formula is C11H9F3N2. The first-order valence-electron chi connectivity index (χ1n) is 4.88. The highest BCUT2D eigenvalue weighted by atomic mass is 19.4. The summed E-state index contributed by atoms with van der Waals surface area (Å²) in [6.07, 6.45) is -2.50. The van der Waals surface area contributed by atoms with Crippen molar-refractivity contribution in [1.82, 2.24) is 0 Å². The van der Waals surface area contributed by atoms with E-state index in [4.69, 9.17) is 5.26 Å². The second-order valence-corrected chi connectivity index (χ2v) is 3.79. The molecule has 0 atom stereocenters. The normalized spacial score (nSPS) is 15.6. The second kappa shape index (κ2) is 3.71. The van der Waals surface area contributed by atoms with Crippen molar-refractivity contribution >= 4 is 5.69 Å². The van der Waals surface area contributed by atoms with Crippen LogP contribution in [0.15, 0.2) is 18.2 Å². The van der Waals surface area contributed by atoms with E-state index in [1.165, 1.54) is 12.1 Å². The third-order valence-corrected chi connectivity index (χ3v) is 2.39. The van der Waals surface area contributed by atoms with Crippen molar-refractivity contribution in [1.29, 1.82) is 5.26 Å². The van der Waals surface area contributed by atoms with Gasteiger partial charge >= 0.3 is 6.18 Å². The van der Waals surface area contributed by atoms with Crippen molar-refractivity contribution in [3.05, 3.63) is 29.3 Å². The zero-order valence-corrected chi connectivity index (χ0v) is 8.30. The van der Waals surface area contributed by atoms with Gasteiger partial charge in [-0.2, -0.15) is 18.4 Å². The van der Waals surface area contributed by atoms with Gasteiger partial charge in [0, 0.05) is 11.7 Å². The highest BCUT2D eigenvalue weighted by Gasteiger charge is 2.34. The van der Waals surface area contributed by atoms with E-state index in [0.717, 1.165) is 18.9 Å². The zero-order valence-electron chi connectivity index (χ0n) is 8.30. The molecule has 0 heterocycles. The molecule has 0 unspecified atom stereocenters. The lowest BCUT2D eigenvalue weighted by molar-refractivity contribution is -0.137. The zero-order chi connectivity index (χ0) is 11.8. The molecule has 0 spiro atoms. The van der Waals surface area contributed by atoms with E-state index in [1.54, 1.807) is 6.07 Å². The smallest absolute Gasteiger partial charge is 0.382 e. The summed E-state index contributed by atoms with van der Waals surface area (Å²) in [7, 11) is 0. The van der Waals surface area contributed by atoms with Crippen molar-refractivity contribution in [3.63, 3.8) is 0 Å². The van der Waals surface area contributed by atoms with E-state index in [1.807, 2.05) is 0 Å². The molecule has 0 saturated heterocycles. The molecule has 0 aromatic heterocycles. The van der Waals surface area contributed by atoms with Crippen molar-refractivity contribution in [2.45, 2.75) is 25.1 Å². The van der Waals surface area contributed by atoms with Gasteiger partial charge in [0.1, 0.15) is 0 Å². The first kappa shape index (κ1) is 10.8. The Morgan fingerprint density at radius 1 is 1.31 bits per heavy atom. The number of nitrogens with zero attached hydrogens (tertiary/aromatic N) is 1. The lowest BCUT2D eigenvalue weighted by atomic mass is 10.1. The number of hydrogen-bond acceptors (Lipinski definition) is 2. The molecular weight excluding hydrogens is 217 g/mol. The van der Waals surface area contributed by atoms with Crippen LogP contribution in [0.2, 0.25) is 0 Å². The number of halogens is 3. The first-order valence-corrected chi connectivity index (χ1v) is 4.88. The molecule has 1 N–H and O–H groups in total. The van der Waals surface area contributed by atoms with E-state index >= 15 is 0 Å². The second-order valence-electron chi connectivity index (χ2n) is 3.79. The monoisotopic (exact) mass is 226 g/mol. The number of hydrogen-bond donors (Lipinski definition) is 1. The number of nitrogens with one attached hydrogen (secondary N) is 1. The highest BCUT2D eigenvalue weighted by Crippen LogP contribution is 2.34. The Hall–Kier alpha value is -1.70. The highest BCUT2D eigenvalue weighted by molar-refractivity contribution is 5.54. The number of alkyl halides is 3. The molecule has 0 bridgehead atoms. The summed E-state index contributed by atoms with van der Waals surface area (Å²) < 4.78 is 37.8. The number of anilines is 1. The Balaban J connectivity index is 2.34. The largest absolute Gasteiger partial charge is 0.417 e. The van der Waals surface area contributed by atoms with Gasteiger partial charge in [-0.05, 0) is 31.0 Å². The molecule has 0 radical (unpaired) electrons. The van der Waals surface area contributed by atoms with Gasteiger partial charge < -0.3 is 5.32 Å². The van der Waals surface area contributed by atoms with Gasteiger partial charge in [0.05, 0.1) is 17.2 Å². The molecule has 84 valence electrons. The summed E-state index contributed by atoms with van der Waals surface area (Å²) in [6.45, 7) is 0. The quantitative estimate of drug-likeness (QED) is 0.840. The third-order valence-electron chi connectivity index (χ3n) is 2.39. The van der Waals surface area contributed by atoms with Crippen LogP contribution in [0.1, 0.15) is 24.0 Å². The minimum absolute atomic E-state index is 0.286. The third kappa shape index (κ3) is 2.27. The molecule has 2 nitrogen and oxygen atoms in total. The molecule has 5 heteroatoms. The van der Waals surface area contributed by atoms with Crippen LogP contribution in [0.4, 0.5) is 18.9 Å². The average molecular weight is 226 g/mol. The van der Waals surface area contributed by atoms with Crippen LogP contribution >= 0.6 is 0 Å². The van der Waals surface area contributed by atoms with Gasteiger partial charge in [0.2, 0.25) is 0 Å². The van der Waals surface area contributed by atoms with E-state index in [9.17, 15) is 13.2 Å². The van der Waals surface area contributed by atoms with Gasteiger partial charge in [0.15, 0.2) is 0 Å². The number of rotatable bonds is 2. The standard InChI is InChI=1S/C11H9F3N2/c12-11(13,14)10-5-9(16-8-3-4-8)2-1-7(10)6-15/h1-2,5,8,16H,3-4H2. The maximum absolute atomic E-state index is 12.6. The first-order chi connectivity index (χ1) is 7.50. The summed E-state index contributed by atoms with van der Waals surface area (Å²) in [6, 6.07) is 5.54. The van der Waals surface area contributed by atoms with Crippen molar-refractivity contribution < 1.29 is 13.2 Å². The van der Waals surface area contributed by atoms with Gasteiger partial charge in [-0.3, -0.25) is 0 Å². The topological polar surface area (TPSA) is 35.8 Å². The molecule has 1 fully saturated rings. The van der Waals surface area contributed by atoms with Crippen LogP contribution in [0.5, 0.6) is 0 Å². The van der Waals surface area contributed by atoms with Gasteiger partial charge in [-0.1, -0.05) is 0 Å². The molecule has 1 aliphatic rings. The Kier molecular flexibility index (Phi) is 2.50. The van der Waals surface area contributed by atoms with E-state index in [2.05, 4.69) is 5.32 Å². The number of benzene rings is 1. The summed E-state index contributed by atoms with van der Waals surface area (Å²) in [5.74, 6) is 0. The van der Waals surface area contributed by atoms with E-state index < -0.39 is 11.7 Å². The van der Waals surface area contributed by atoms with Crippen LogP contribution in [-0.2, 0) is 6.18 Å². The molecule has 2 rings (SSSR count). The molecule has 1 aromatic carbocycles. The van der Waals surface area contributed by atoms with Crippen LogP contribution < -0.4 is 5.32 Å².